The van der Waals surface area contributed by atoms with E-state index in [1.54, 1.807) is 0 Å². The van der Waals surface area contributed by atoms with Crippen molar-refractivity contribution in [3.8, 4) is 0 Å². The average molecular weight is 735 g/mol. The van der Waals surface area contributed by atoms with Gasteiger partial charge in [0.1, 0.15) is 13.1 Å². The van der Waals surface area contributed by atoms with E-state index in [2.05, 4.69) is 95.4 Å². The van der Waals surface area contributed by atoms with Crippen molar-refractivity contribution in [1.82, 2.24) is 0 Å². The number of aromatic nitrogens is 1. The minimum atomic E-state index is 0.945. The third-order valence-electron chi connectivity index (χ3n) is 11.7. The van der Waals surface area contributed by atoms with Crippen molar-refractivity contribution in [2.45, 2.75) is 213 Å². The summed E-state index contributed by atoms with van der Waals surface area (Å²) in [6.45, 7) is 10.3. The molecule has 0 bridgehead atoms. The molecule has 0 fully saturated rings. The summed E-state index contributed by atoms with van der Waals surface area (Å²) in [6, 6.07) is 14.0. The molecular formula is C50H92N3+3. The molecule has 0 aliphatic heterocycles. The molecule has 0 unspecified atom stereocenters. The van der Waals surface area contributed by atoms with Crippen molar-refractivity contribution in [3.05, 3.63) is 65.5 Å². The first-order chi connectivity index (χ1) is 25.7. The SMILES string of the molecule is CCCCCCCCCCCCCCCC[N+](C)(C)Cc1cc(C[n+]2ccccc2)cc(C[N+](C)(C)CCCCCCCCCCCCCCCC)c1. The lowest BCUT2D eigenvalue weighted by molar-refractivity contribution is -0.904. The Kier molecular flexibility index (Phi) is 27.3. The van der Waals surface area contributed by atoms with Gasteiger partial charge in [0.05, 0.1) is 41.3 Å². The molecule has 0 aliphatic rings. The van der Waals surface area contributed by atoms with E-state index >= 15 is 0 Å². The number of quaternary nitrogens is 2. The molecular weight excluding hydrogens is 643 g/mol. The minimum Gasteiger partial charge on any atom is -0.325 e. The Labute approximate surface area is 332 Å². The highest BCUT2D eigenvalue weighted by molar-refractivity contribution is 5.29. The molecule has 0 N–H and O–H groups in total. The van der Waals surface area contributed by atoms with Crippen LogP contribution in [0.25, 0.3) is 0 Å². The predicted octanol–water partition coefficient (Wildman–Crippen LogP) is 14.1. The van der Waals surface area contributed by atoms with Gasteiger partial charge >= 0.3 is 0 Å². The fraction of sp³-hybridized carbons (Fsp3) is 0.780. The average Bonchev–Trinajstić information content (AvgIpc) is 3.11. The van der Waals surface area contributed by atoms with Crippen molar-refractivity contribution in [3.63, 3.8) is 0 Å². The Balaban J connectivity index is 1.73. The van der Waals surface area contributed by atoms with Gasteiger partial charge in [0, 0.05) is 28.8 Å². The van der Waals surface area contributed by atoms with Crippen molar-refractivity contribution >= 4 is 0 Å². The van der Waals surface area contributed by atoms with E-state index in [9.17, 15) is 0 Å². The van der Waals surface area contributed by atoms with Crippen LogP contribution in [0, 0.1) is 0 Å². The third kappa shape index (κ3) is 26.7. The van der Waals surface area contributed by atoms with E-state index in [0.717, 1.165) is 28.6 Å². The number of hydrogen-bond donors (Lipinski definition) is 0. The van der Waals surface area contributed by atoms with E-state index < -0.39 is 0 Å². The molecule has 2 rings (SSSR count). The summed E-state index contributed by atoms with van der Waals surface area (Å²) in [4.78, 5) is 0. The maximum Gasteiger partial charge on any atom is 0.173 e. The van der Waals surface area contributed by atoms with Crippen LogP contribution in [0.4, 0.5) is 0 Å². The Morgan fingerprint density at radius 1 is 0.358 bits per heavy atom. The summed E-state index contributed by atoms with van der Waals surface area (Å²) in [5.74, 6) is 0. The van der Waals surface area contributed by atoms with E-state index in [1.807, 2.05) is 0 Å². The minimum absolute atomic E-state index is 0.945. The Bertz CT molecular complexity index is 1040. The monoisotopic (exact) mass is 735 g/mol. The van der Waals surface area contributed by atoms with Crippen LogP contribution in [0.5, 0.6) is 0 Å². The number of hydrogen-bond acceptors (Lipinski definition) is 0. The van der Waals surface area contributed by atoms with Gasteiger partial charge in [-0.25, -0.2) is 4.57 Å². The van der Waals surface area contributed by atoms with Crippen LogP contribution in [-0.4, -0.2) is 50.2 Å². The summed E-state index contributed by atoms with van der Waals surface area (Å²) < 4.78 is 4.49. The van der Waals surface area contributed by atoms with Crippen molar-refractivity contribution in [2.75, 3.05) is 41.3 Å². The topological polar surface area (TPSA) is 3.88 Å². The van der Waals surface area contributed by atoms with Gasteiger partial charge in [0.2, 0.25) is 0 Å². The largest absolute Gasteiger partial charge is 0.325 e. The molecule has 1 aromatic heterocycles. The summed E-state index contributed by atoms with van der Waals surface area (Å²) in [5, 5.41) is 0. The molecule has 0 amide bonds. The Hall–Kier alpha value is -1.71. The number of pyridine rings is 1. The molecule has 0 spiro atoms. The van der Waals surface area contributed by atoms with Crippen LogP contribution in [0.3, 0.4) is 0 Å². The van der Waals surface area contributed by atoms with Gasteiger partial charge < -0.3 is 8.97 Å². The third-order valence-corrected chi connectivity index (χ3v) is 11.7. The Morgan fingerprint density at radius 2 is 0.642 bits per heavy atom. The van der Waals surface area contributed by atoms with Crippen LogP contribution in [0.1, 0.15) is 210 Å². The maximum atomic E-state index is 2.55. The first-order valence-electron chi connectivity index (χ1n) is 23.4. The molecule has 3 nitrogen and oxygen atoms in total. The van der Waals surface area contributed by atoms with Crippen molar-refractivity contribution in [1.29, 1.82) is 0 Å². The second kappa shape index (κ2) is 30.5. The first-order valence-corrected chi connectivity index (χ1v) is 23.4. The molecule has 0 radical (unpaired) electrons. The highest BCUT2D eigenvalue weighted by Gasteiger charge is 2.20. The van der Waals surface area contributed by atoms with Crippen molar-refractivity contribution in [2.24, 2.45) is 0 Å². The standard InChI is InChI=1S/C50H92N3/c1-7-9-11-13-15-17-19-21-23-25-27-29-31-36-40-52(3,4)46-49-42-48(45-51-38-34-33-35-39-51)43-50(44-49)47-53(5,6)41-37-32-30-28-26-24-22-20-18-16-14-12-10-8-2/h33-35,38-39,42-44H,7-32,36-37,40-41,45-47H2,1-6H3/q+3. The molecule has 1 heterocycles. The van der Waals surface area contributed by atoms with Crippen molar-refractivity contribution < 1.29 is 13.5 Å². The quantitative estimate of drug-likeness (QED) is 0.0373. The fourth-order valence-corrected chi connectivity index (χ4v) is 8.48. The van der Waals surface area contributed by atoms with Gasteiger partial charge in [-0.3, -0.25) is 0 Å². The van der Waals surface area contributed by atoms with Crippen LogP contribution in [0.15, 0.2) is 48.8 Å². The van der Waals surface area contributed by atoms with Crippen LogP contribution in [-0.2, 0) is 19.6 Å². The summed E-state index contributed by atoms with van der Waals surface area (Å²) in [6.07, 6.45) is 44.4. The van der Waals surface area contributed by atoms with E-state index in [0.29, 0.717) is 0 Å². The van der Waals surface area contributed by atoms with E-state index in [-0.39, 0.29) is 0 Å². The van der Waals surface area contributed by atoms with Crippen LogP contribution in [0.2, 0.25) is 0 Å². The number of nitrogens with zero attached hydrogens (tertiary/aromatic N) is 3. The summed E-state index contributed by atoms with van der Waals surface area (Å²) >= 11 is 0. The first kappa shape index (κ1) is 47.4. The fourth-order valence-electron chi connectivity index (χ4n) is 8.48. The summed E-state index contributed by atoms with van der Waals surface area (Å²) in [5.41, 5.74) is 4.48. The number of unbranched alkanes of at least 4 members (excludes halogenated alkanes) is 26. The highest BCUT2D eigenvalue weighted by atomic mass is 15.3. The second-order valence-electron chi connectivity index (χ2n) is 18.5. The predicted molar refractivity (Wildman–Crippen MR) is 234 cm³/mol. The van der Waals surface area contributed by atoms with Crippen LogP contribution >= 0.6 is 0 Å². The molecule has 2 aromatic rings. The second-order valence-corrected chi connectivity index (χ2v) is 18.5. The lowest BCUT2D eigenvalue weighted by Crippen LogP contribution is -2.40. The summed E-state index contributed by atoms with van der Waals surface area (Å²) in [7, 11) is 9.82. The van der Waals surface area contributed by atoms with Gasteiger partial charge in [-0.2, -0.15) is 0 Å². The smallest absolute Gasteiger partial charge is 0.173 e. The Morgan fingerprint density at radius 3 is 0.962 bits per heavy atom. The van der Waals surface area contributed by atoms with E-state index in [1.165, 1.54) is 210 Å². The molecule has 0 atom stereocenters. The molecule has 53 heavy (non-hydrogen) atoms. The molecule has 1 aromatic carbocycles. The molecule has 0 saturated carbocycles. The van der Waals surface area contributed by atoms with Gasteiger partial charge in [-0.05, 0) is 43.9 Å². The lowest BCUT2D eigenvalue weighted by Gasteiger charge is -2.32. The van der Waals surface area contributed by atoms with Gasteiger partial charge in [-0.1, -0.05) is 174 Å². The van der Waals surface area contributed by atoms with Gasteiger partial charge in [-0.15, -0.1) is 0 Å². The molecule has 304 valence electrons. The number of rotatable bonds is 36. The maximum absolute atomic E-state index is 2.55. The zero-order chi connectivity index (χ0) is 38.3. The normalized spacial score (nSPS) is 12.2. The molecule has 0 aliphatic carbocycles. The molecule has 0 saturated heterocycles. The van der Waals surface area contributed by atoms with Crippen LogP contribution < -0.4 is 4.57 Å². The highest BCUT2D eigenvalue weighted by Crippen LogP contribution is 2.21. The zero-order valence-corrected chi connectivity index (χ0v) is 36.8. The molecule has 3 heteroatoms. The number of benzene rings is 1. The van der Waals surface area contributed by atoms with E-state index in [4.69, 9.17) is 0 Å². The van der Waals surface area contributed by atoms with Gasteiger partial charge in [0.25, 0.3) is 0 Å². The lowest BCUT2D eigenvalue weighted by atomic mass is 10.0. The van der Waals surface area contributed by atoms with Gasteiger partial charge in [0.15, 0.2) is 18.9 Å². The zero-order valence-electron chi connectivity index (χ0n) is 36.8.